The van der Waals surface area contributed by atoms with Gasteiger partial charge in [0.05, 0.1) is 25.2 Å². The highest BCUT2D eigenvalue weighted by Gasteiger charge is 2.13. The number of ether oxygens (including phenoxy) is 1. The van der Waals surface area contributed by atoms with Gasteiger partial charge in [-0.3, -0.25) is 0 Å². The first-order valence-corrected chi connectivity index (χ1v) is 8.71. The first-order chi connectivity index (χ1) is 12.6. The van der Waals surface area contributed by atoms with Crippen molar-refractivity contribution in [1.29, 1.82) is 0 Å². The summed E-state index contributed by atoms with van der Waals surface area (Å²) in [5, 5.41) is 0.800. The van der Waals surface area contributed by atoms with Crippen molar-refractivity contribution in [3.63, 3.8) is 0 Å². The quantitative estimate of drug-likeness (QED) is 0.554. The molecule has 1 aromatic carbocycles. The summed E-state index contributed by atoms with van der Waals surface area (Å²) in [5.41, 5.74) is 2.68. The van der Waals surface area contributed by atoms with Gasteiger partial charge in [0.1, 0.15) is 16.2 Å². The molecule has 0 bridgehead atoms. The van der Waals surface area contributed by atoms with Gasteiger partial charge in [0.2, 0.25) is 5.88 Å². The Balaban J connectivity index is 1.81. The van der Waals surface area contributed by atoms with Crippen LogP contribution in [0.3, 0.4) is 0 Å². The average Bonchev–Trinajstić information content (AvgIpc) is 3.04. The van der Waals surface area contributed by atoms with Gasteiger partial charge in [0.15, 0.2) is 16.7 Å². The van der Waals surface area contributed by atoms with Gasteiger partial charge in [0, 0.05) is 18.0 Å². The molecule has 3 heterocycles. The lowest BCUT2D eigenvalue weighted by Gasteiger charge is -2.08. The Kier molecular flexibility index (Phi) is 4.09. The number of imidazole rings is 1. The number of aromatic nitrogens is 4. The Morgan fingerprint density at radius 1 is 1.27 bits per heavy atom. The van der Waals surface area contributed by atoms with Crippen LogP contribution in [0.25, 0.3) is 22.1 Å². The summed E-state index contributed by atoms with van der Waals surface area (Å²) in [6, 6.07) is 7.77. The lowest BCUT2D eigenvalue weighted by Crippen LogP contribution is -2.01. The Hall–Kier alpha value is -2.91. The predicted molar refractivity (Wildman–Crippen MR) is 93.9 cm³/mol. The Labute approximate surface area is 149 Å². The van der Waals surface area contributed by atoms with E-state index in [2.05, 4.69) is 15.0 Å². The standard InChI is InChI=1S/C17H13FN4O3S/c1-25-15-5-3-11-16-13(7-19-17(11)21-15)20-9-22(16)8-10-2-4-14(26(23)24)12(18)6-10/h2-7,9H,8H2,1H3,(H,23,24). The van der Waals surface area contributed by atoms with Gasteiger partial charge < -0.3 is 13.9 Å². The third-order valence-corrected chi connectivity index (χ3v) is 4.73. The molecule has 4 aromatic rings. The third-order valence-electron chi connectivity index (χ3n) is 4.03. The number of pyridine rings is 2. The molecule has 132 valence electrons. The topological polar surface area (TPSA) is 90.1 Å². The van der Waals surface area contributed by atoms with E-state index in [9.17, 15) is 8.60 Å². The van der Waals surface area contributed by atoms with Gasteiger partial charge in [-0.25, -0.2) is 18.6 Å². The highest BCUT2D eigenvalue weighted by Crippen LogP contribution is 2.25. The van der Waals surface area contributed by atoms with E-state index in [1.54, 1.807) is 24.7 Å². The molecule has 0 aliphatic heterocycles. The number of benzene rings is 1. The molecule has 0 saturated carbocycles. The number of fused-ring (bicyclic) bond motifs is 3. The SMILES string of the molecule is COc1ccc2c(ncc3ncn(Cc4ccc(S(=O)O)c(F)c4)c32)n1. The summed E-state index contributed by atoms with van der Waals surface area (Å²) in [4.78, 5) is 12.7. The van der Waals surface area contributed by atoms with Crippen molar-refractivity contribution in [2.45, 2.75) is 11.4 Å². The normalized spacial score (nSPS) is 12.6. The molecule has 0 aliphatic carbocycles. The first-order valence-electron chi connectivity index (χ1n) is 7.60. The molecule has 0 saturated heterocycles. The molecule has 0 aliphatic rings. The summed E-state index contributed by atoms with van der Waals surface area (Å²) in [6.07, 6.45) is 3.27. The molecule has 7 nitrogen and oxygen atoms in total. The molecular formula is C17H13FN4O3S. The molecular weight excluding hydrogens is 359 g/mol. The van der Waals surface area contributed by atoms with Crippen molar-refractivity contribution < 1.29 is 17.9 Å². The molecule has 1 N–H and O–H groups in total. The van der Waals surface area contributed by atoms with Crippen LogP contribution in [-0.2, 0) is 17.6 Å². The van der Waals surface area contributed by atoms with Gasteiger partial charge in [-0.2, -0.15) is 4.98 Å². The zero-order chi connectivity index (χ0) is 18.3. The van der Waals surface area contributed by atoms with Gasteiger partial charge in [-0.1, -0.05) is 6.07 Å². The van der Waals surface area contributed by atoms with Gasteiger partial charge >= 0.3 is 0 Å². The fraction of sp³-hybridized carbons (Fsp3) is 0.118. The van der Waals surface area contributed by atoms with E-state index in [4.69, 9.17) is 9.29 Å². The molecule has 9 heteroatoms. The van der Waals surface area contributed by atoms with E-state index in [1.807, 2.05) is 10.6 Å². The molecule has 26 heavy (non-hydrogen) atoms. The zero-order valence-electron chi connectivity index (χ0n) is 13.6. The minimum atomic E-state index is -2.35. The summed E-state index contributed by atoms with van der Waals surface area (Å²) < 4.78 is 41.1. The van der Waals surface area contributed by atoms with E-state index >= 15 is 0 Å². The monoisotopic (exact) mass is 372 g/mol. The maximum atomic E-state index is 14.0. The van der Waals surface area contributed by atoms with Crippen molar-refractivity contribution in [3.8, 4) is 5.88 Å². The van der Waals surface area contributed by atoms with Crippen molar-refractivity contribution in [2.24, 2.45) is 0 Å². The molecule has 3 aromatic heterocycles. The summed E-state index contributed by atoms with van der Waals surface area (Å²) in [5.74, 6) is -0.254. The van der Waals surface area contributed by atoms with Crippen molar-refractivity contribution >= 4 is 33.1 Å². The minimum Gasteiger partial charge on any atom is -0.481 e. The van der Waals surface area contributed by atoms with Gasteiger partial charge in [-0.15, -0.1) is 0 Å². The second-order valence-corrected chi connectivity index (χ2v) is 6.54. The second kappa shape index (κ2) is 6.43. The van der Waals surface area contributed by atoms with Crippen LogP contribution in [0.4, 0.5) is 4.39 Å². The van der Waals surface area contributed by atoms with E-state index in [0.29, 0.717) is 29.2 Å². The molecule has 0 radical (unpaired) electrons. The number of hydrogen-bond acceptors (Lipinski definition) is 5. The lowest BCUT2D eigenvalue weighted by molar-refractivity contribution is 0.399. The fourth-order valence-corrected chi connectivity index (χ4v) is 3.25. The van der Waals surface area contributed by atoms with E-state index in [0.717, 1.165) is 10.9 Å². The fourth-order valence-electron chi connectivity index (χ4n) is 2.84. The Morgan fingerprint density at radius 2 is 2.12 bits per heavy atom. The van der Waals surface area contributed by atoms with Gasteiger partial charge in [-0.05, 0) is 23.8 Å². The molecule has 1 unspecified atom stereocenters. The molecule has 0 spiro atoms. The molecule has 0 fully saturated rings. The van der Waals surface area contributed by atoms with Crippen LogP contribution in [0.15, 0.2) is 47.8 Å². The van der Waals surface area contributed by atoms with Crippen LogP contribution in [0.5, 0.6) is 5.88 Å². The first kappa shape index (κ1) is 16.6. The predicted octanol–water partition coefficient (Wildman–Crippen LogP) is 2.76. The van der Waals surface area contributed by atoms with Gasteiger partial charge in [0.25, 0.3) is 0 Å². The van der Waals surface area contributed by atoms with Crippen molar-refractivity contribution in [2.75, 3.05) is 7.11 Å². The van der Waals surface area contributed by atoms with E-state index < -0.39 is 16.9 Å². The maximum absolute atomic E-state index is 14.0. The largest absolute Gasteiger partial charge is 0.481 e. The average molecular weight is 372 g/mol. The number of nitrogens with zero attached hydrogens (tertiary/aromatic N) is 4. The third kappa shape index (κ3) is 2.80. The summed E-state index contributed by atoms with van der Waals surface area (Å²) >= 11 is -2.35. The number of methoxy groups -OCH3 is 1. The van der Waals surface area contributed by atoms with E-state index in [-0.39, 0.29) is 4.90 Å². The lowest BCUT2D eigenvalue weighted by atomic mass is 10.2. The smallest absolute Gasteiger partial charge is 0.215 e. The zero-order valence-corrected chi connectivity index (χ0v) is 14.4. The highest BCUT2D eigenvalue weighted by atomic mass is 32.2. The van der Waals surface area contributed by atoms with Crippen molar-refractivity contribution in [1.82, 2.24) is 19.5 Å². The number of hydrogen-bond donors (Lipinski definition) is 1. The minimum absolute atomic E-state index is 0.241. The summed E-state index contributed by atoms with van der Waals surface area (Å²) in [6.45, 7) is 0.344. The van der Waals surface area contributed by atoms with Crippen LogP contribution < -0.4 is 4.74 Å². The van der Waals surface area contributed by atoms with Crippen molar-refractivity contribution in [3.05, 3.63) is 54.2 Å². The van der Waals surface area contributed by atoms with Crippen LogP contribution in [0.1, 0.15) is 5.56 Å². The molecule has 1 atom stereocenters. The molecule has 0 amide bonds. The van der Waals surface area contributed by atoms with Crippen LogP contribution in [-0.4, -0.2) is 35.4 Å². The summed E-state index contributed by atoms with van der Waals surface area (Å²) in [7, 11) is 1.54. The number of halogens is 1. The molecule has 4 rings (SSSR count). The van der Waals surface area contributed by atoms with Crippen LogP contribution >= 0.6 is 0 Å². The highest BCUT2D eigenvalue weighted by molar-refractivity contribution is 7.79. The maximum Gasteiger partial charge on any atom is 0.215 e. The van der Waals surface area contributed by atoms with E-state index in [1.165, 1.54) is 19.2 Å². The van der Waals surface area contributed by atoms with Crippen LogP contribution in [0.2, 0.25) is 0 Å². The Bertz CT molecular complexity index is 1160. The Morgan fingerprint density at radius 3 is 2.85 bits per heavy atom. The second-order valence-electron chi connectivity index (χ2n) is 5.60. The number of rotatable bonds is 4. The van der Waals surface area contributed by atoms with Crippen LogP contribution in [0, 0.1) is 5.82 Å².